The molecule has 0 bridgehead atoms. The van der Waals surface area contributed by atoms with Gasteiger partial charge in [0.15, 0.2) is 0 Å². The zero-order valence-corrected chi connectivity index (χ0v) is 12.5. The van der Waals surface area contributed by atoms with Gasteiger partial charge in [0.25, 0.3) is 0 Å². The third kappa shape index (κ3) is 11.6. The van der Waals surface area contributed by atoms with E-state index in [1.165, 1.54) is 0 Å². The van der Waals surface area contributed by atoms with Crippen molar-refractivity contribution in [1.82, 2.24) is 10.6 Å². The average molecular weight is 260 g/mol. The van der Waals surface area contributed by atoms with Crippen LogP contribution in [0.3, 0.4) is 0 Å². The van der Waals surface area contributed by atoms with Crippen molar-refractivity contribution in [3.8, 4) is 0 Å². The Hall–Kier alpha value is -0.710. The Labute approximate surface area is 108 Å². The van der Waals surface area contributed by atoms with E-state index in [4.69, 9.17) is 0 Å². The molecular formula is C12H24N2O2S. The maximum atomic E-state index is 11.4. The second-order valence-electron chi connectivity index (χ2n) is 5.98. The molecular weight excluding hydrogens is 236 g/mol. The van der Waals surface area contributed by atoms with Gasteiger partial charge in [0.05, 0.1) is 12.3 Å². The first-order chi connectivity index (χ1) is 7.49. The van der Waals surface area contributed by atoms with Gasteiger partial charge in [0.2, 0.25) is 11.8 Å². The largest absolute Gasteiger partial charge is 0.350 e. The molecule has 0 heterocycles. The van der Waals surface area contributed by atoms with Crippen molar-refractivity contribution in [3.05, 3.63) is 0 Å². The highest BCUT2D eigenvalue weighted by atomic mass is 32.2. The monoisotopic (exact) mass is 260 g/mol. The number of amides is 2. The van der Waals surface area contributed by atoms with E-state index in [1.54, 1.807) is 11.8 Å². The van der Waals surface area contributed by atoms with E-state index in [0.717, 1.165) is 0 Å². The molecule has 0 aromatic carbocycles. The van der Waals surface area contributed by atoms with Gasteiger partial charge in [-0.05, 0) is 20.8 Å². The van der Waals surface area contributed by atoms with Gasteiger partial charge in [-0.15, -0.1) is 11.8 Å². The topological polar surface area (TPSA) is 58.2 Å². The maximum absolute atomic E-state index is 11.4. The van der Waals surface area contributed by atoms with Crippen molar-refractivity contribution in [2.24, 2.45) is 0 Å². The van der Waals surface area contributed by atoms with Crippen LogP contribution in [0.25, 0.3) is 0 Å². The van der Waals surface area contributed by atoms with Gasteiger partial charge in [0.1, 0.15) is 0 Å². The molecule has 2 amide bonds. The van der Waals surface area contributed by atoms with Crippen LogP contribution >= 0.6 is 11.8 Å². The summed E-state index contributed by atoms with van der Waals surface area (Å²) in [6.07, 6.45) is 0. The molecule has 0 rings (SSSR count). The average Bonchev–Trinajstić information content (AvgIpc) is 2.07. The van der Waals surface area contributed by atoms with E-state index >= 15 is 0 Å². The molecule has 0 saturated carbocycles. The fourth-order valence-corrected chi connectivity index (χ4v) is 1.64. The molecule has 0 aromatic heterocycles. The SMILES string of the molecule is CC(C)(C)NC(=O)CNC(=O)CSC(C)(C)C. The molecule has 100 valence electrons. The second-order valence-corrected chi connectivity index (χ2v) is 7.78. The number of carbonyl (C=O) groups excluding carboxylic acids is 2. The number of nitrogens with one attached hydrogen (secondary N) is 2. The van der Waals surface area contributed by atoms with Gasteiger partial charge < -0.3 is 10.6 Å². The highest BCUT2D eigenvalue weighted by Crippen LogP contribution is 2.22. The van der Waals surface area contributed by atoms with Crippen LogP contribution in [0.2, 0.25) is 0 Å². The molecule has 0 spiro atoms. The van der Waals surface area contributed by atoms with Gasteiger partial charge in [-0.25, -0.2) is 0 Å². The van der Waals surface area contributed by atoms with Gasteiger partial charge in [-0.3, -0.25) is 9.59 Å². The van der Waals surface area contributed by atoms with Crippen LogP contribution in [0.4, 0.5) is 0 Å². The third-order valence-corrected chi connectivity index (χ3v) is 2.87. The van der Waals surface area contributed by atoms with E-state index in [1.807, 2.05) is 20.8 Å². The summed E-state index contributed by atoms with van der Waals surface area (Å²) in [7, 11) is 0. The van der Waals surface area contributed by atoms with Crippen molar-refractivity contribution < 1.29 is 9.59 Å². The number of thioether (sulfide) groups is 1. The highest BCUT2D eigenvalue weighted by molar-refractivity contribution is 8.01. The highest BCUT2D eigenvalue weighted by Gasteiger charge is 2.16. The number of hydrogen-bond donors (Lipinski definition) is 2. The molecule has 0 aliphatic heterocycles. The van der Waals surface area contributed by atoms with Crippen molar-refractivity contribution in [2.45, 2.75) is 51.8 Å². The first-order valence-electron chi connectivity index (χ1n) is 5.71. The van der Waals surface area contributed by atoms with Crippen molar-refractivity contribution >= 4 is 23.6 Å². The van der Waals surface area contributed by atoms with Gasteiger partial charge in [0, 0.05) is 10.3 Å². The molecule has 5 heteroatoms. The molecule has 0 fully saturated rings. The van der Waals surface area contributed by atoms with Crippen LogP contribution in [-0.4, -0.2) is 34.4 Å². The second kappa shape index (κ2) is 6.28. The predicted molar refractivity (Wildman–Crippen MR) is 73.1 cm³/mol. The molecule has 0 aliphatic carbocycles. The maximum Gasteiger partial charge on any atom is 0.239 e. The number of carbonyl (C=O) groups is 2. The molecule has 2 N–H and O–H groups in total. The van der Waals surface area contributed by atoms with Crippen molar-refractivity contribution in [2.75, 3.05) is 12.3 Å². The van der Waals surface area contributed by atoms with Crippen molar-refractivity contribution in [3.63, 3.8) is 0 Å². The van der Waals surface area contributed by atoms with Gasteiger partial charge in [-0.1, -0.05) is 20.8 Å². The van der Waals surface area contributed by atoms with Crippen LogP contribution in [0.5, 0.6) is 0 Å². The molecule has 0 aromatic rings. The predicted octanol–water partition coefficient (Wildman–Crippen LogP) is 1.55. The minimum Gasteiger partial charge on any atom is -0.350 e. The zero-order valence-electron chi connectivity index (χ0n) is 11.6. The van der Waals surface area contributed by atoms with E-state index in [9.17, 15) is 9.59 Å². The fraction of sp³-hybridized carbons (Fsp3) is 0.833. The van der Waals surface area contributed by atoms with E-state index in [0.29, 0.717) is 5.75 Å². The summed E-state index contributed by atoms with van der Waals surface area (Å²) in [6.45, 7) is 11.9. The van der Waals surface area contributed by atoms with Crippen LogP contribution in [-0.2, 0) is 9.59 Å². The van der Waals surface area contributed by atoms with Crippen molar-refractivity contribution in [1.29, 1.82) is 0 Å². The lowest BCUT2D eigenvalue weighted by molar-refractivity contribution is -0.125. The molecule has 0 radical (unpaired) electrons. The molecule has 0 atom stereocenters. The van der Waals surface area contributed by atoms with Crippen LogP contribution in [0, 0.1) is 0 Å². The summed E-state index contributed by atoms with van der Waals surface area (Å²) in [4.78, 5) is 22.9. The van der Waals surface area contributed by atoms with E-state index in [2.05, 4.69) is 31.4 Å². The zero-order chi connectivity index (χ0) is 13.7. The summed E-state index contributed by atoms with van der Waals surface area (Å²) in [5, 5.41) is 5.39. The Bertz CT molecular complexity index is 277. The van der Waals surface area contributed by atoms with E-state index in [-0.39, 0.29) is 28.6 Å². The Morgan fingerprint density at radius 1 is 1.00 bits per heavy atom. The Morgan fingerprint density at radius 2 is 1.53 bits per heavy atom. The number of hydrogen-bond acceptors (Lipinski definition) is 3. The summed E-state index contributed by atoms with van der Waals surface area (Å²) in [6, 6.07) is 0. The summed E-state index contributed by atoms with van der Waals surface area (Å²) in [5.74, 6) is 0.118. The Kier molecular flexibility index (Phi) is 6.02. The number of rotatable bonds is 4. The molecule has 17 heavy (non-hydrogen) atoms. The lowest BCUT2D eigenvalue weighted by Crippen LogP contribution is -2.46. The summed E-state index contributed by atoms with van der Waals surface area (Å²) in [5.41, 5.74) is -0.262. The Morgan fingerprint density at radius 3 is 1.94 bits per heavy atom. The quantitative estimate of drug-likeness (QED) is 0.806. The van der Waals surface area contributed by atoms with Gasteiger partial charge >= 0.3 is 0 Å². The molecule has 4 nitrogen and oxygen atoms in total. The summed E-state index contributed by atoms with van der Waals surface area (Å²) < 4.78 is 0.0605. The first-order valence-corrected chi connectivity index (χ1v) is 6.70. The van der Waals surface area contributed by atoms with Crippen LogP contribution in [0.1, 0.15) is 41.5 Å². The summed E-state index contributed by atoms with van der Waals surface area (Å²) >= 11 is 1.56. The normalized spacial score (nSPS) is 12.1. The van der Waals surface area contributed by atoms with Crippen LogP contribution < -0.4 is 10.6 Å². The molecule has 0 saturated heterocycles. The van der Waals surface area contributed by atoms with Gasteiger partial charge in [-0.2, -0.15) is 0 Å². The first kappa shape index (κ1) is 16.3. The molecule has 0 aliphatic rings. The Balaban J connectivity index is 3.82. The van der Waals surface area contributed by atoms with E-state index < -0.39 is 0 Å². The standard InChI is InChI=1S/C12H24N2O2S/c1-11(2,3)14-9(15)7-13-10(16)8-17-12(4,5)6/h7-8H2,1-6H3,(H,13,16)(H,14,15). The fourth-order valence-electron chi connectivity index (χ4n) is 0.974. The lowest BCUT2D eigenvalue weighted by atomic mass is 10.1. The minimum atomic E-state index is -0.262. The third-order valence-electron chi connectivity index (χ3n) is 1.60. The molecule has 0 unspecified atom stereocenters. The lowest BCUT2D eigenvalue weighted by Gasteiger charge is -2.21. The van der Waals surface area contributed by atoms with Crippen LogP contribution in [0.15, 0.2) is 0 Å². The minimum absolute atomic E-state index is 0.0425. The smallest absolute Gasteiger partial charge is 0.239 e.